The molecule has 1 aromatic carbocycles. The molecular weight excluding hydrogens is 491 g/mol. The van der Waals surface area contributed by atoms with E-state index >= 15 is 0 Å². The Kier molecular flexibility index (Phi) is 6.36. The van der Waals surface area contributed by atoms with Gasteiger partial charge in [-0.3, -0.25) is 18.7 Å². The summed E-state index contributed by atoms with van der Waals surface area (Å²) in [5.74, 6) is 0. The van der Waals surface area contributed by atoms with Crippen LogP contribution in [0, 0.1) is 3.57 Å². The highest BCUT2D eigenvalue weighted by Gasteiger charge is 2.34. The van der Waals surface area contributed by atoms with Crippen molar-refractivity contribution in [3.8, 4) is 0 Å². The van der Waals surface area contributed by atoms with Crippen LogP contribution in [0.2, 0.25) is 0 Å². The molecule has 0 aliphatic carbocycles. The van der Waals surface area contributed by atoms with Crippen LogP contribution in [-0.2, 0) is 26.1 Å². The number of aromatic amines is 1. The van der Waals surface area contributed by atoms with Crippen molar-refractivity contribution in [2.45, 2.75) is 26.3 Å². The van der Waals surface area contributed by atoms with Gasteiger partial charge in [-0.15, -0.1) is 0 Å². The van der Waals surface area contributed by atoms with Gasteiger partial charge in [0, 0.05) is 3.57 Å². The van der Waals surface area contributed by atoms with Crippen molar-refractivity contribution in [1.82, 2.24) is 9.55 Å². The van der Waals surface area contributed by atoms with E-state index in [0.717, 1.165) is 16.7 Å². The number of nitrogens with one attached hydrogen (secondary N) is 1. The second-order valence-corrected chi connectivity index (χ2v) is 8.31. The van der Waals surface area contributed by atoms with Gasteiger partial charge in [-0.25, -0.2) is 0 Å². The number of nitrogens with zero attached hydrogens (tertiary/aromatic N) is 1. The van der Waals surface area contributed by atoms with Crippen LogP contribution in [0.5, 0.6) is 0 Å². The molecule has 0 saturated heterocycles. The molecule has 144 valence electrons. The van der Waals surface area contributed by atoms with Gasteiger partial charge >= 0.3 is 24.9 Å². The van der Waals surface area contributed by atoms with Crippen molar-refractivity contribution in [3.05, 3.63) is 42.0 Å². The number of rotatable bonds is 6. The number of aromatic nitrogens is 2. The molecule has 2 aromatic rings. The molecule has 0 amide bonds. The first-order valence-corrected chi connectivity index (χ1v) is 10.2. The fraction of sp³-hybridized carbons (Fsp3) is 0.429. The van der Waals surface area contributed by atoms with E-state index in [4.69, 9.17) is 9.05 Å². The van der Waals surface area contributed by atoms with E-state index in [1.54, 1.807) is 13.8 Å². The zero-order valence-electron chi connectivity index (χ0n) is 13.7. The number of fused-ring (bicyclic) bond motifs is 1. The van der Waals surface area contributed by atoms with Crippen LogP contribution >= 0.6 is 30.2 Å². The molecule has 0 unspecified atom stereocenters. The van der Waals surface area contributed by atoms with E-state index in [1.807, 2.05) is 0 Å². The SMILES string of the molecule is CCOP(=O)(Cn1c(=O)c(=O)[nH]c2cc(C(F)(F)F)c(I)cc21)OCC. The molecule has 1 N–H and O–H groups in total. The molecule has 2 rings (SSSR count). The molecule has 0 aliphatic rings. The Balaban J connectivity index is 2.75. The summed E-state index contributed by atoms with van der Waals surface area (Å²) in [6.45, 7) is 3.21. The quantitative estimate of drug-likeness (QED) is 0.368. The average molecular weight is 506 g/mol. The third-order valence-corrected chi connectivity index (χ3v) is 6.16. The maximum Gasteiger partial charge on any atom is 0.417 e. The summed E-state index contributed by atoms with van der Waals surface area (Å²) in [5, 5.41) is 0. The second-order valence-electron chi connectivity index (χ2n) is 5.12. The Hall–Kier alpha value is -1.17. The molecule has 0 radical (unpaired) electrons. The predicted octanol–water partition coefficient (Wildman–Crippen LogP) is 3.54. The first-order valence-electron chi connectivity index (χ1n) is 7.44. The lowest BCUT2D eigenvalue weighted by molar-refractivity contribution is -0.138. The fourth-order valence-electron chi connectivity index (χ4n) is 2.34. The minimum atomic E-state index is -4.63. The molecule has 0 aliphatic heterocycles. The highest BCUT2D eigenvalue weighted by molar-refractivity contribution is 14.1. The predicted molar refractivity (Wildman–Crippen MR) is 97.4 cm³/mol. The largest absolute Gasteiger partial charge is 0.417 e. The van der Waals surface area contributed by atoms with Crippen molar-refractivity contribution in [2.24, 2.45) is 0 Å². The van der Waals surface area contributed by atoms with Gasteiger partial charge in [0.1, 0.15) is 6.29 Å². The van der Waals surface area contributed by atoms with Gasteiger partial charge in [-0.1, -0.05) is 0 Å². The molecule has 0 bridgehead atoms. The molecule has 0 atom stereocenters. The summed E-state index contributed by atoms with van der Waals surface area (Å²) in [7, 11) is -3.77. The van der Waals surface area contributed by atoms with Crippen LogP contribution in [0.3, 0.4) is 0 Å². The topological polar surface area (TPSA) is 90.4 Å². The first kappa shape index (κ1) is 21.1. The lowest BCUT2D eigenvalue weighted by Crippen LogP contribution is -2.36. The monoisotopic (exact) mass is 506 g/mol. The Bertz CT molecular complexity index is 975. The minimum absolute atomic E-state index is 0.00775. The van der Waals surface area contributed by atoms with Gasteiger partial charge in [0.05, 0.1) is 29.8 Å². The van der Waals surface area contributed by atoms with E-state index in [9.17, 15) is 27.3 Å². The molecule has 1 aromatic heterocycles. The van der Waals surface area contributed by atoms with E-state index in [1.165, 1.54) is 22.6 Å². The van der Waals surface area contributed by atoms with Crippen molar-refractivity contribution in [3.63, 3.8) is 0 Å². The van der Waals surface area contributed by atoms with E-state index in [-0.39, 0.29) is 27.8 Å². The van der Waals surface area contributed by atoms with Crippen LogP contribution in [0.15, 0.2) is 21.7 Å². The Morgan fingerprint density at radius 2 is 1.77 bits per heavy atom. The number of hydrogen-bond donors (Lipinski definition) is 1. The smallest absolute Gasteiger partial charge is 0.316 e. The molecule has 26 heavy (non-hydrogen) atoms. The number of benzene rings is 1. The molecule has 0 fully saturated rings. The van der Waals surface area contributed by atoms with Crippen LogP contribution in [0.4, 0.5) is 13.2 Å². The molecule has 1 heterocycles. The average Bonchev–Trinajstić information content (AvgIpc) is 2.51. The summed E-state index contributed by atoms with van der Waals surface area (Å²) in [6.07, 6.45) is -5.22. The highest BCUT2D eigenvalue weighted by Crippen LogP contribution is 2.49. The first-order chi connectivity index (χ1) is 12.0. The summed E-state index contributed by atoms with van der Waals surface area (Å²) >= 11 is 1.48. The van der Waals surface area contributed by atoms with Crippen molar-refractivity contribution < 1.29 is 26.8 Å². The van der Waals surface area contributed by atoms with Crippen molar-refractivity contribution in [1.29, 1.82) is 0 Å². The molecule has 7 nitrogen and oxygen atoms in total. The second kappa shape index (κ2) is 7.83. The Labute approximate surface area is 159 Å². The number of halogens is 4. The summed E-state index contributed by atoms with van der Waals surface area (Å²) < 4.78 is 62.8. The maximum atomic E-state index is 13.1. The van der Waals surface area contributed by atoms with E-state index < -0.39 is 36.7 Å². The molecular formula is C14H15F3IN2O5P. The van der Waals surface area contributed by atoms with Crippen LogP contribution in [0.1, 0.15) is 19.4 Å². The Morgan fingerprint density at radius 1 is 1.19 bits per heavy atom. The zero-order chi connectivity index (χ0) is 19.7. The summed E-state index contributed by atoms with van der Waals surface area (Å²) in [6, 6.07) is 1.83. The minimum Gasteiger partial charge on any atom is -0.316 e. The zero-order valence-corrected chi connectivity index (χ0v) is 16.8. The van der Waals surface area contributed by atoms with Crippen LogP contribution < -0.4 is 11.1 Å². The third-order valence-electron chi connectivity index (χ3n) is 3.34. The standard InChI is InChI=1S/C14H15F3IN2O5P/c1-3-24-26(23,25-4-2)7-20-11-6-9(18)8(14(15,16)17)5-10(11)19-12(21)13(20)22/h5-6H,3-4,7H2,1-2H3,(H,19,21). The molecule has 0 spiro atoms. The number of hydrogen-bond acceptors (Lipinski definition) is 5. The number of H-pyrrole nitrogens is 1. The fourth-order valence-corrected chi connectivity index (χ4v) is 4.75. The normalized spacial score (nSPS) is 12.7. The lowest BCUT2D eigenvalue weighted by Gasteiger charge is -2.19. The van der Waals surface area contributed by atoms with E-state index in [2.05, 4.69) is 4.98 Å². The summed E-state index contributed by atoms with van der Waals surface area (Å²) in [4.78, 5) is 26.2. The van der Waals surface area contributed by atoms with Crippen molar-refractivity contribution in [2.75, 3.05) is 13.2 Å². The van der Waals surface area contributed by atoms with Gasteiger partial charge in [-0.2, -0.15) is 13.2 Å². The van der Waals surface area contributed by atoms with Crippen LogP contribution in [0.25, 0.3) is 11.0 Å². The van der Waals surface area contributed by atoms with E-state index in [0.29, 0.717) is 0 Å². The van der Waals surface area contributed by atoms with Gasteiger partial charge < -0.3 is 14.0 Å². The van der Waals surface area contributed by atoms with Crippen molar-refractivity contribution >= 4 is 41.2 Å². The Morgan fingerprint density at radius 3 is 2.27 bits per heavy atom. The lowest BCUT2D eigenvalue weighted by atomic mass is 10.2. The highest BCUT2D eigenvalue weighted by atomic mass is 127. The third kappa shape index (κ3) is 4.38. The van der Waals surface area contributed by atoms with Gasteiger partial charge in [0.2, 0.25) is 0 Å². The molecule has 12 heteroatoms. The van der Waals surface area contributed by atoms with Crippen LogP contribution in [-0.4, -0.2) is 22.8 Å². The van der Waals surface area contributed by atoms with Gasteiger partial charge in [0.25, 0.3) is 0 Å². The van der Waals surface area contributed by atoms with Gasteiger partial charge in [-0.05, 0) is 48.6 Å². The summed E-state index contributed by atoms with van der Waals surface area (Å²) in [5.41, 5.74) is -3.36. The number of alkyl halides is 3. The molecule has 0 saturated carbocycles. The van der Waals surface area contributed by atoms with Gasteiger partial charge in [0.15, 0.2) is 0 Å². The maximum absolute atomic E-state index is 13.1.